The number of ether oxygens (including phenoxy) is 2. The molecule has 1 aliphatic rings. The summed E-state index contributed by atoms with van der Waals surface area (Å²) in [5, 5.41) is 3.02. The number of halogens is 1. The number of hydrazine groups is 1. The molecule has 1 rings (SSSR count). The van der Waals surface area contributed by atoms with Crippen LogP contribution in [0, 0.1) is 0 Å². The van der Waals surface area contributed by atoms with Crippen molar-refractivity contribution in [2.75, 3.05) is 33.2 Å². The van der Waals surface area contributed by atoms with E-state index in [2.05, 4.69) is 20.7 Å². The summed E-state index contributed by atoms with van der Waals surface area (Å²) in [5.74, 6) is 0. The Bertz CT molecular complexity index is 344. The van der Waals surface area contributed by atoms with Crippen LogP contribution in [0.4, 0.5) is 0 Å². The average molecular weight is 339 g/mol. The first kappa shape index (κ1) is 18.8. The minimum Gasteiger partial charge on any atom is -0.372 e. The van der Waals surface area contributed by atoms with Crippen molar-refractivity contribution in [2.24, 2.45) is 4.51 Å². The van der Waals surface area contributed by atoms with Gasteiger partial charge in [-0.15, -0.1) is 0 Å². The summed E-state index contributed by atoms with van der Waals surface area (Å²) in [7, 11) is 0.851. The highest BCUT2D eigenvalue weighted by Crippen LogP contribution is 2.24. The van der Waals surface area contributed by atoms with Crippen LogP contribution in [-0.2, 0) is 9.47 Å². The number of hydrogen-bond acceptors (Lipinski definition) is 7. The molecule has 1 fully saturated rings. The normalized spacial score (nSPS) is 24.7. The van der Waals surface area contributed by atoms with E-state index in [-0.39, 0.29) is 12.3 Å². The predicted molar refractivity (Wildman–Crippen MR) is 86.4 cm³/mol. The summed E-state index contributed by atoms with van der Waals surface area (Å²) in [6.45, 7) is 2.94. The third-order valence-corrected chi connectivity index (χ3v) is 3.44. The van der Waals surface area contributed by atoms with Gasteiger partial charge in [-0.3, -0.25) is 0 Å². The third kappa shape index (κ3) is 8.68. The van der Waals surface area contributed by atoms with Gasteiger partial charge in [0.05, 0.1) is 19.1 Å². The minimum atomic E-state index is -0.999. The fourth-order valence-corrected chi connectivity index (χ4v) is 2.37. The second kappa shape index (κ2) is 11.3. The summed E-state index contributed by atoms with van der Waals surface area (Å²) in [4.78, 5) is 9.18. The third-order valence-electron chi connectivity index (χ3n) is 2.79. The van der Waals surface area contributed by atoms with E-state index in [0.29, 0.717) is 19.5 Å². The van der Waals surface area contributed by atoms with Crippen molar-refractivity contribution < 1.29 is 14.4 Å². The molecule has 0 aliphatic carbocycles. The van der Waals surface area contributed by atoms with Crippen LogP contribution in [0.15, 0.2) is 16.3 Å². The van der Waals surface area contributed by atoms with Gasteiger partial charge < -0.3 is 25.1 Å². The molecule has 21 heavy (non-hydrogen) atoms. The smallest absolute Gasteiger partial charge is 0.125 e. The maximum absolute atomic E-state index is 9.18. The van der Waals surface area contributed by atoms with Crippen LogP contribution in [-0.4, -0.2) is 56.7 Å². The van der Waals surface area contributed by atoms with Gasteiger partial charge >= 0.3 is 0 Å². The maximum atomic E-state index is 9.18. The van der Waals surface area contributed by atoms with E-state index < -0.39 is 8.15 Å². The molecule has 1 heterocycles. The fraction of sp³-hybridized carbons (Fsp3) is 0.750. The van der Waals surface area contributed by atoms with Gasteiger partial charge in [-0.05, 0) is 26.6 Å². The van der Waals surface area contributed by atoms with Crippen LogP contribution in [0.1, 0.15) is 12.8 Å². The van der Waals surface area contributed by atoms with E-state index in [1.165, 1.54) is 0 Å². The Labute approximate surface area is 132 Å². The van der Waals surface area contributed by atoms with Gasteiger partial charge in [0.2, 0.25) is 0 Å². The first-order valence-electron chi connectivity index (χ1n) is 6.78. The van der Waals surface area contributed by atoms with Crippen LogP contribution in [0.25, 0.3) is 0 Å². The molecule has 122 valence electrons. The Hall–Kier alpha value is -0.270. The minimum absolute atomic E-state index is 0.0594. The van der Waals surface area contributed by atoms with E-state index in [9.17, 15) is 4.89 Å². The molecule has 0 saturated carbocycles. The zero-order valence-electron chi connectivity index (χ0n) is 12.4. The van der Waals surface area contributed by atoms with Crippen molar-refractivity contribution >= 4 is 26.1 Å². The summed E-state index contributed by atoms with van der Waals surface area (Å²) in [6, 6.07) is 0. The molecular formula is C12H24ClN4O3P. The van der Waals surface area contributed by atoms with Crippen LogP contribution >= 0.6 is 19.9 Å². The topological polar surface area (TPSA) is 87.1 Å². The highest BCUT2D eigenvalue weighted by molar-refractivity contribution is 7.50. The number of nitrogens with one attached hydrogen (secondary N) is 3. The lowest BCUT2D eigenvalue weighted by molar-refractivity contribution is -0.0211. The quantitative estimate of drug-likeness (QED) is 0.269. The standard InChI is InChI=1S/C12H24ClN4O3P/c1-14-5-10(6-15-13)7-16-17-12-4-3-11(20-12)8-19-9-21(2)18/h6-7,11-12,14,16-18H,3-5,8-9H2,1-2H3. The molecule has 0 aromatic carbocycles. The molecule has 0 aromatic heterocycles. The van der Waals surface area contributed by atoms with Gasteiger partial charge in [0.25, 0.3) is 0 Å². The van der Waals surface area contributed by atoms with Crippen molar-refractivity contribution in [2.45, 2.75) is 25.2 Å². The van der Waals surface area contributed by atoms with E-state index in [4.69, 9.17) is 21.3 Å². The Kier molecular flexibility index (Phi) is 10.1. The molecule has 1 aliphatic heterocycles. The number of nitrogens with zero attached hydrogens (tertiary/aromatic N) is 1. The SMILES string of the molecule is CNCC(C=NCl)=CNNC1CCC(COCP(C)O)O1. The van der Waals surface area contributed by atoms with Gasteiger partial charge in [-0.2, -0.15) is 4.51 Å². The lowest BCUT2D eigenvalue weighted by Crippen LogP contribution is -2.38. The number of hydrogen-bond donors (Lipinski definition) is 4. The second-order valence-corrected chi connectivity index (χ2v) is 6.52. The molecular weight excluding hydrogens is 315 g/mol. The molecule has 1 saturated heterocycles. The van der Waals surface area contributed by atoms with Crippen molar-refractivity contribution in [3.63, 3.8) is 0 Å². The Morgan fingerprint density at radius 1 is 1.57 bits per heavy atom. The van der Waals surface area contributed by atoms with Gasteiger partial charge in [0.15, 0.2) is 0 Å². The van der Waals surface area contributed by atoms with Gasteiger partial charge in [0, 0.05) is 44.5 Å². The molecule has 0 spiro atoms. The van der Waals surface area contributed by atoms with Crippen LogP contribution < -0.4 is 16.2 Å². The summed E-state index contributed by atoms with van der Waals surface area (Å²) < 4.78 is 14.6. The molecule has 0 aromatic rings. The van der Waals surface area contributed by atoms with Crippen LogP contribution in [0.2, 0.25) is 0 Å². The zero-order chi connectivity index (χ0) is 15.5. The summed E-state index contributed by atoms with van der Waals surface area (Å²) >= 11 is 5.33. The lowest BCUT2D eigenvalue weighted by atomic mass is 10.2. The van der Waals surface area contributed by atoms with Crippen LogP contribution in [0.5, 0.6) is 0 Å². The average Bonchev–Trinajstić information content (AvgIpc) is 2.87. The Morgan fingerprint density at radius 2 is 2.38 bits per heavy atom. The predicted octanol–water partition coefficient (Wildman–Crippen LogP) is 0.907. The van der Waals surface area contributed by atoms with Crippen molar-refractivity contribution in [3.8, 4) is 0 Å². The van der Waals surface area contributed by atoms with E-state index in [1.807, 2.05) is 7.05 Å². The van der Waals surface area contributed by atoms with E-state index in [0.717, 1.165) is 18.4 Å². The van der Waals surface area contributed by atoms with Gasteiger partial charge in [-0.25, -0.2) is 5.43 Å². The largest absolute Gasteiger partial charge is 0.372 e. The lowest BCUT2D eigenvalue weighted by Gasteiger charge is -2.16. The van der Waals surface area contributed by atoms with Crippen molar-refractivity contribution in [1.29, 1.82) is 0 Å². The summed E-state index contributed by atoms with van der Waals surface area (Å²) in [6.07, 6.45) is 5.60. The second-order valence-electron chi connectivity index (χ2n) is 4.75. The Balaban J connectivity index is 2.20. The molecule has 9 heteroatoms. The van der Waals surface area contributed by atoms with Gasteiger partial charge in [0.1, 0.15) is 6.23 Å². The van der Waals surface area contributed by atoms with Crippen molar-refractivity contribution in [3.05, 3.63) is 11.8 Å². The van der Waals surface area contributed by atoms with Crippen molar-refractivity contribution in [1.82, 2.24) is 16.2 Å². The molecule has 0 amide bonds. The van der Waals surface area contributed by atoms with E-state index >= 15 is 0 Å². The molecule has 3 unspecified atom stereocenters. The van der Waals surface area contributed by atoms with E-state index in [1.54, 1.807) is 19.1 Å². The first-order chi connectivity index (χ1) is 10.2. The number of likely N-dealkylation sites (N-methyl/N-ethyl adjacent to an activating group) is 1. The monoisotopic (exact) mass is 338 g/mol. The molecule has 0 radical (unpaired) electrons. The Morgan fingerprint density at radius 3 is 3.05 bits per heavy atom. The summed E-state index contributed by atoms with van der Waals surface area (Å²) in [5.41, 5.74) is 6.98. The molecule has 0 bridgehead atoms. The fourth-order valence-electron chi connectivity index (χ4n) is 1.88. The van der Waals surface area contributed by atoms with Gasteiger partial charge in [-0.1, -0.05) is 0 Å². The highest BCUT2D eigenvalue weighted by Gasteiger charge is 2.24. The molecule has 4 N–H and O–H groups in total. The zero-order valence-corrected chi connectivity index (χ0v) is 14.0. The highest BCUT2D eigenvalue weighted by atomic mass is 35.5. The molecule has 7 nitrogen and oxygen atoms in total. The van der Waals surface area contributed by atoms with Crippen LogP contribution in [0.3, 0.4) is 0 Å². The number of rotatable bonds is 10. The maximum Gasteiger partial charge on any atom is 0.125 e. The first-order valence-corrected chi connectivity index (χ1v) is 9.04. The molecule has 3 atom stereocenters.